The lowest BCUT2D eigenvalue weighted by atomic mass is 10.0. The van der Waals surface area contributed by atoms with Crippen molar-refractivity contribution in [3.63, 3.8) is 0 Å². The van der Waals surface area contributed by atoms with Crippen molar-refractivity contribution in [3.05, 3.63) is 29.8 Å². The van der Waals surface area contributed by atoms with E-state index in [2.05, 4.69) is 5.32 Å². The third-order valence-electron chi connectivity index (χ3n) is 2.63. The fraction of sp³-hybridized carbons (Fsp3) is 0.500. The van der Waals surface area contributed by atoms with Gasteiger partial charge in [-0.2, -0.15) is 0 Å². The SMILES string of the molecule is CC(C)C[C@H](N)C(=O)Nc1cccc(CS(C)=O)c1. The van der Waals surface area contributed by atoms with Gasteiger partial charge in [-0.3, -0.25) is 9.00 Å². The van der Waals surface area contributed by atoms with Crippen LogP contribution in [0.4, 0.5) is 5.69 Å². The van der Waals surface area contributed by atoms with Gasteiger partial charge in [0.1, 0.15) is 0 Å². The Morgan fingerprint density at radius 2 is 2.11 bits per heavy atom. The van der Waals surface area contributed by atoms with Gasteiger partial charge in [-0.05, 0) is 30.0 Å². The summed E-state index contributed by atoms with van der Waals surface area (Å²) in [7, 11) is -0.891. The minimum absolute atomic E-state index is 0.177. The molecule has 0 saturated carbocycles. The number of benzene rings is 1. The van der Waals surface area contributed by atoms with E-state index in [9.17, 15) is 9.00 Å². The summed E-state index contributed by atoms with van der Waals surface area (Å²) < 4.78 is 11.2. The lowest BCUT2D eigenvalue weighted by Gasteiger charge is -2.14. The average molecular weight is 282 g/mol. The second-order valence-corrected chi connectivity index (χ2v) is 6.58. The average Bonchev–Trinajstić information content (AvgIpc) is 2.27. The molecule has 19 heavy (non-hydrogen) atoms. The molecule has 1 aromatic carbocycles. The van der Waals surface area contributed by atoms with Crippen molar-refractivity contribution in [3.8, 4) is 0 Å². The number of hydrogen-bond donors (Lipinski definition) is 2. The van der Waals surface area contributed by atoms with Crippen LogP contribution in [0.25, 0.3) is 0 Å². The maximum atomic E-state index is 11.9. The molecule has 0 bridgehead atoms. The van der Waals surface area contributed by atoms with Crippen LogP contribution in [0, 0.1) is 5.92 Å². The number of rotatable bonds is 6. The number of carbonyl (C=O) groups is 1. The van der Waals surface area contributed by atoms with Crippen LogP contribution in [0.15, 0.2) is 24.3 Å². The highest BCUT2D eigenvalue weighted by Gasteiger charge is 2.15. The summed E-state index contributed by atoms with van der Waals surface area (Å²) in [4.78, 5) is 11.9. The van der Waals surface area contributed by atoms with Crippen molar-refractivity contribution < 1.29 is 9.00 Å². The van der Waals surface area contributed by atoms with Crippen molar-refractivity contribution in [2.45, 2.75) is 32.1 Å². The van der Waals surface area contributed by atoms with Gasteiger partial charge in [0.25, 0.3) is 0 Å². The third kappa shape index (κ3) is 5.98. The first kappa shape index (κ1) is 15.9. The first-order valence-corrected chi connectivity index (χ1v) is 8.06. The lowest BCUT2D eigenvalue weighted by molar-refractivity contribution is -0.117. The molecule has 0 fully saturated rings. The maximum Gasteiger partial charge on any atom is 0.241 e. The molecule has 1 aromatic rings. The predicted octanol–water partition coefficient (Wildman–Crippen LogP) is 1.88. The number of hydrogen-bond acceptors (Lipinski definition) is 3. The van der Waals surface area contributed by atoms with E-state index in [1.165, 1.54) is 0 Å². The normalized spacial score (nSPS) is 14.2. The molecule has 0 aliphatic heterocycles. The Morgan fingerprint density at radius 3 is 2.68 bits per heavy atom. The molecule has 5 heteroatoms. The number of nitrogens with two attached hydrogens (primary N) is 1. The number of amides is 1. The zero-order chi connectivity index (χ0) is 14.4. The molecule has 0 saturated heterocycles. The van der Waals surface area contributed by atoms with Crippen molar-refractivity contribution in [1.29, 1.82) is 0 Å². The van der Waals surface area contributed by atoms with E-state index in [4.69, 9.17) is 5.73 Å². The van der Waals surface area contributed by atoms with Crippen LogP contribution < -0.4 is 11.1 Å². The van der Waals surface area contributed by atoms with E-state index in [0.717, 1.165) is 5.56 Å². The summed E-state index contributed by atoms with van der Waals surface area (Å²) in [5, 5.41) is 2.80. The largest absolute Gasteiger partial charge is 0.325 e. The molecule has 0 aliphatic carbocycles. The number of anilines is 1. The van der Waals surface area contributed by atoms with Crippen LogP contribution in [-0.4, -0.2) is 22.4 Å². The Hall–Kier alpha value is -1.20. The van der Waals surface area contributed by atoms with Gasteiger partial charge in [-0.25, -0.2) is 0 Å². The molecular formula is C14H22N2O2S. The zero-order valence-corrected chi connectivity index (χ0v) is 12.5. The second kappa shape index (κ2) is 7.40. The van der Waals surface area contributed by atoms with E-state index < -0.39 is 16.8 Å². The summed E-state index contributed by atoms with van der Waals surface area (Å²) in [6.07, 6.45) is 2.31. The van der Waals surface area contributed by atoms with E-state index in [0.29, 0.717) is 23.8 Å². The standard InChI is InChI=1S/C14H22N2O2S/c1-10(2)7-13(15)14(17)16-12-6-4-5-11(8-12)9-19(3)18/h4-6,8,10,13H,7,9,15H2,1-3H3,(H,16,17)/t13-,19?/m0/s1. The highest BCUT2D eigenvalue weighted by molar-refractivity contribution is 7.83. The minimum atomic E-state index is -0.891. The molecule has 1 unspecified atom stereocenters. The first-order valence-electron chi connectivity index (χ1n) is 6.34. The highest BCUT2D eigenvalue weighted by atomic mass is 32.2. The number of carbonyl (C=O) groups excluding carboxylic acids is 1. The minimum Gasteiger partial charge on any atom is -0.325 e. The molecule has 1 rings (SSSR count). The molecule has 0 aliphatic rings. The van der Waals surface area contributed by atoms with E-state index >= 15 is 0 Å². The zero-order valence-electron chi connectivity index (χ0n) is 11.7. The van der Waals surface area contributed by atoms with Gasteiger partial charge in [-0.15, -0.1) is 0 Å². The Bertz CT molecular complexity index is 461. The Labute approximate surface area is 117 Å². The summed E-state index contributed by atoms with van der Waals surface area (Å²) >= 11 is 0. The smallest absolute Gasteiger partial charge is 0.241 e. The highest BCUT2D eigenvalue weighted by Crippen LogP contribution is 2.13. The summed E-state index contributed by atoms with van der Waals surface area (Å²) in [5.41, 5.74) is 7.47. The molecule has 1 amide bonds. The van der Waals surface area contributed by atoms with Gasteiger partial charge in [0.15, 0.2) is 0 Å². The molecule has 0 aromatic heterocycles. The molecule has 106 valence electrons. The number of nitrogens with one attached hydrogen (secondary N) is 1. The molecule has 4 nitrogen and oxygen atoms in total. The van der Waals surface area contributed by atoms with Gasteiger partial charge in [0.05, 0.1) is 6.04 Å². The molecule has 3 N–H and O–H groups in total. The predicted molar refractivity (Wildman–Crippen MR) is 80.3 cm³/mol. The van der Waals surface area contributed by atoms with E-state index in [-0.39, 0.29) is 5.91 Å². The maximum absolute atomic E-state index is 11.9. The van der Waals surface area contributed by atoms with Crippen molar-refractivity contribution in [2.75, 3.05) is 11.6 Å². The molecule has 0 spiro atoms. The van der Waals surface area contributed by atoms with Crippen LogP contribution in [-0.2, 0) is 21.3 Å². The van der Waals surface area contributed by atoms with E-state index in [1.807, 2.05) is 38.1 Å². The third-order valence-corrected chi connectivity index (χ3v) is 3.37. The van der Waals surface area contributed by atoms with Gasteiger partial charge in [0.2, 0.25) is 5.91 Å². The van der Waals surface area contributed by atoms with Crippen LogP contribution >= 0.6 is 0 Å². The first-order chi connectivity index (χ1) is 8.88. The lowest BCUT2D eigenvalue weighted by Crippen LogP contribution is -2.36. The Morgan fingerprint density at radius 1 is 1.42 bits per heavy atom. The van der Waals surface area contributed by atoms with Crippen molar-refractivity contribution in [1.82, 2.24) is 0 Å². The van der Waals surface area contributed by atoms with Crippen molar-refractivity contribution >= 4 is 22.4 Å². The summed E-state index contributed by atoms with van der Waals surface area (Å²) in [6, 6.07) is 6.88. The van der Waals surface area contributed by atoms with Crippen LogP contribution in [0.2, 0.25) is 0 Å². The Kier molecular flexibility index (Phi) is 6.18. The Balaban J connectivity index is 2.66. The van der Waals surface area contributed by atoms with Gasteiger partial charge >= 0.3 is 0 Å². The molecule has 0 heterocycles. The fourth-order valence-electron chi connectivity index (χ4n) is 1.82. The molecule has 0 radical (unpaired) electrons. The van der Waals surface area contributed by atoms with Crippen LogP contribution in [0.3, 0.4) is 0 Å². The van der Waals surface area contributed by atoms with Gasteiger partial charge < -0.3 is 11.1 Å². The molecule has 2 atom stereocenters. The van der Waals surface area contributed by atoms with Gasteiger partial charge in [0, 0.05) is 28.5 Å². The fourth-order valence-corrected chi connectivity index (χ4v) is 2.47. The van der Waals surface area contributed by atoms with Crippen LogP contribution in [0.5, 0.6) is 0 Å². The second-order valence-electron chi connectivity index (χ2n) is 5.14. The summed E-state index contributed by atoms with van der Waals surface area (Å²) in [5.74, 6) is 0.694. The summed E-state index contributed by atoms with van der Waals surface area (Å²) in [6.45, 7) is 4.06. The van der Waals surface area contributed by atoms with E-state index in [1.54, 1.807) is 6.26 Å². The quantitative estimate of drug-likeness (QED) is 0.836. The van der Waals surface area contributed by atoms with Crippen LogP contribution in [0.1, 0.15) is 25.8 Å². The van der Waals surface area contributed by atoms with Gasteiger partial charge in [-0.1, -0.05) is 26.0 Å². The topological polar surface area (TPSA) is 72.2 Å². The monoisotopic (exact) mass is 282 g/mol. The van der Waals surface area contributed by atoms with Crippen molar-refractivity contribution in [2.24, 2.45) is 11.7 Å². The molecular weight excluding hydrogens is 260 g/mol.